The van der Waals surface area contributed by atoms with Crippen molar-refractivity contribution in [1.82, 2.24) is 29.4 Å². The van der Waals surface area contributed by atoms with Crippen LogP contribution in [0.15, 0.2) is 55.5 Å². The van der Waals surface area contributed by atoms with Gasteiger partial charge >= 0.3 is 0 Å². The van der Waals surface area contributed by atoms with Gasteiger partial charge in [0.2, 0.25) is 0 Å². The number of piperidine rings is 1. The fourth-order valence-corrected chi connectivity index (χ4v) is 3.19. The van der Waals surface area contributed by atoms with Crippen LogP contribution in [0.3, 0.4) is 0 Å². The van der Waals surface area contributed by atoms with Gasteiger partial charge in [-0.1, -0.05) is 6.07 Å². The highest BCUT2D eigenvalue weighted by molar-refractivity contribution is 5.21. The van der Waals surface area contributed by atoms with Gasteiger partial charge in [-0.3, -0.25) is 19.4 Å². The van der Waals surface area contributed by atoms with Crippen LogP contribution in [0.2, 0.25) is 0 Å². The number of nitrogens with zero attached hydrogens (tertiary/aromatic N) is 6. The molecule has 0 spiro atoms. The second-order valence-corrected chi connectivity index (χ2v) is 6.14. The van der Waals surface area contributed by atoms with E-state index in [2.05, 4.69) is 25.9 Å². The lowest BCUT2D eigenvalue weighted by Crippen LogP contribution is -2.33. The molecule has 0 N–H and O–H groups in total. The summed E-state index contributed by atoms with van der Waals surface area (Å²) in [6.45, 7) is 3.06. The van der Waals surface area contributed by atoms with E-state index >= 15 is 0 Å². The van der Waals surface area contributed by atoms with Crippen LogP contribution >= 0.6 is 0 Å². The second-order valence-electron chi connectivity index (χ2n) is 6.14. The predicted molar refractivity (Wildman–Crippen MR) is 90.6 cm³/mol. The fourth-order valence-electron chi connectivity index (χ4n) is 3.19. The average molecular weight is 320 g/mol. The highest BCUT2D eigenvalue weighted by atomic mass is 15.1. The fraction of sp³-hybridized carbons (Fsp3) is 0.333. The molecule has 0 atom stereocenters. The Morgan fingerprint density at radius 3 is 2.71 bits per heavy atom. The van der Waals surface area contributed by atoms with Crippen LogP contribution in [0, 0.1) is 0 Å². The molecule has 0 radical (unpaired) electrons. The van der Waals surface area contributed by atoms with Crippen molar-refractivity contribution in [3.05, 3.63) is 66.9 Å². The van der Waals surface area contributed by atoms with Gasteiger partial charge in [0.25, 0.3) is 0 Å². The summed E-state index contributed by atoms with van der Waals surface area (Å²) in [6, 6.07) is 6.10. The molecule has 6 nitrogen and oxygen atoms in total. The molecular weight excluding hydrogens is 300 g/mol. The Bertz CT molecular complexity index is 763. The standard InChI is InChI=1S/C18H20N6/c1-2-6-21-16(3-1)13-23-8-4-15(5-9-23)17-11-20-12-18(22-17)24-10-7-19-14-24/h1-3,6-7,10-12,14-15H,4-5,8-9,13H2. The first-order valence-electron chi connectivity index (χ1n) is 8.31. The maximum atomic E-state index is 4.78. The molecule has 122 valence electrons. The first-order chi connectivity index (χ1) is 11.9. The number of rotatable bonds is 4. The quantitative estimate of drug-likeness (QED) is 0.739. The van der Waals surface area contributed by atoms with Gasteiger partial charge in [-0.05, 0) is 38.1 Å². The van der Waals surface area contributed by atoms with Crippen molar-refractivity contribution in [2.45, 2.75) is 25.3 Å². The molecule has 24 heavy (non-hydrogen) atoms. The maximum absolute atomic E-state index is 4.78. The third-order valence-corrected chi connectivity index (χ3v) is 4.53. The van der Waals surface area contributed by atoms with Gasteiger partial charge in [0, 0.05) is 37.3 Å². The van der Waals surface area contributed by atoms with E-state index in [1.807, 2.05) is 35.3 Å². The maximum Gasteiger partial charge on any atom is 0.156 e. The van der Waals surface area contributed by atoms with E-state index in [0.717, 1.165) is 49.7 Å². The molecule has 0 amide bonds. The van der Waals surface area contributed by atoms with Crippen LogP contribution in [-0.4, -0.2) is 42.5 Å². The molecule has 3 aromatic rings. The summed E-state index contributed by atoms with van der Waals surface area (Å²) >= 11 is 0. The van der Waals surface area contributed by atoms with E-state index in [4.69, 9.17) is 4.98 Å². The van der Waals surface area contributed by atoms with Crippen molar-refractivity contribution in [2.75, 3.05) is 13.1 Å². The normalized spacial score (nSPS) is 16.3. The monoisotopic (exact) mass is 320 g/mol. The Hall–Kier alpha value is -2.60. The van der Waals surface area contributed by atoms with Crippen molar-refractivity contribution >= 4 is 0 Å². The van der Waals surface area contributed by atoms with Gasteiger partial charge in [0.1, 0.15) is 6.33 Å². The molecular formula is C18H20N6. The summed E-state index contributed by atoms with van der Waals surface area (Å²) in [5, 5.41) is 0. The van der Waals surface area contributed by atoms with E-state index < -0.39 is 0 Å². The number of aromatic nitrogens is 5. The Kier molecular flexibility index (Phi) is 4.29. The van der Waals surface area contributed by atoms with Crippen LogP contribution in [0.5, 0.6) is 0 Å². The van der Waals surface area contributed by atoms with Gasteiger partial charge < -0.3 is 0 Å². The molecule has 0 aromatic carbocycles. The molecule has 1 saturated heterocycles. The highest BCUT2D eigenvalue weighted by Crippen LogP contribution is 2.27. The lowest BCUT2D eigenvalue weighted by molar-refractivity contribution is 0.201. The van der Waals surface area contributed by atoms with Crippen LogP contribution in [0.4, 0.5) is 0 Å². The number of imidazole rings is 1. The van der Waals surface area contributed by atoms with E-state index in [1.54, 1.807) is 18.7 Å². The topological polar surface area (TPSA) is 59.7 Å². The molecule has 1 aliphatic heterocycles. The van der Waals surface area contributed by atoms with Gasteiger partial charge in [-0.15, -0.1) is 0 Å². The van der Waals surface area contributed by atoms with Crippen LogP contribution in [0.25, 0.3) is 5.82 Å². The molecule has 4 heterocycles. The molecule has 1 aliphatic rings. The van der Waals surface area contributed by atoms with E-state index in [0.29, 0.717) is 5.92 Å². The zero-order valence-corrected chi connectivity index (χ0v) is 13.5. The van der Waals surface area contributed by atoms with Crippen LogP contribution < -0.4 is 0 Å². The third-order valence-electron chi connectivity index (χ3n) is 4.53. The minimum absolute atomic E-state index is 0.473. The Labute approximate surface area is 141 Å². The lowest BCUT2D eigenvalue weighted by atomic mass is 9.93. The predicted octanol–water partition coefficient (Wildman–Crippen LogP) is 2.44. The zero-order valence-electron chi connectivity index (χ0n) is 13.5. The van der Waals surface area contributed by atoms with Crippen LogP contribution in [-0.2, 0) is 6.54 Å². The Morgan fingerprint density at radius 1 is 1.04 bits per heavy atom. The molecule has 0 unspecified atom stereocenters. The number of likely N-dealkylation sites (tertiary alicyclic amines) is 1. The molecule has 3 aromatic heterocycles. The number of hydrogen-bond donors (Lipinski definition) is 0. The largest absolute Gasteiger partial charge is 0.297 e. The zero-order chi connectivity index (χ0) is 16.2. The summed E-state index contributed by atoms with van der Waals surface area (Å²) < 4.78 is 1.90. The summed E-state index contributed by atoms with van der Waals surface area (Å²) in [6.07, 6.45) is 13.2. The van der Waals surface area contributed by atoms with Gasteiger partial charge in [-0.2, -0.15) is 0 Å². The SMILES string of the molecule is c1ccc(CN2CCC(c3cncc(-n4ccnc4)n3)CC2)nc1. The molecule has 1 fully saturated rings. The average Bonchev–Trinajstić information content (AvgIpc) is 3.18. The van der Waals surface area contributed by atoms with Gasteiger partial charge in [-0.25, -0.2) is 9.97 Å². The molecule has 4 rings (SSSR count). The molecule has 0 aliphatic carbocycles. The van der Waals surface area contributed by atoms with Crippen molar-refractivity contribution in [2.24, 2.45) is 0 Å². The molecule has 0 bridgehead atoms. The van der Waals surface area contributed by atoms with E-state index in [1.165, 1.54) is 0 Å². The minimum Gasteiger partial charge on any atom is -0.297 e. The van der Waals surface area contributed by atoms with Crippen LogP contribution in [0.1, 0.15) is 30.1 Å². The summed E-state index contributed by atoms with van der Waals surface area (Å²) in [5.74, 6) is 1.31. The summed E-state index contributed by atoms with van der Waals surface area (Å²) in [4.78, 5) is 20.1. The van der Waals surface area contributed by atoms with Crippen molar-refractivity contribution in [1.29, 1.82) is 0 Å². The van der Waals surface area contributed by atoms with E-state index in [-0.39, 0.29) is 0 Å². The lowest BCUT2D eigenvalue weighted by Gasteiger charge is -2.31. The number of hydrogen-bond acceptors (Lipinski definition) is 5. The molecule has 6 heteroatoms. The minimum atomic E-state index is 0.473. The molecule has 0 saturated carbocycles. The van der Waals surface area contributed by atoms with E-state index in [9.17, 15) is 0 Å². The third kappa shape index (κ3) is 3.33. The highest BCUT2D eigenvalue weighted by Gasteiger charge is 2.22. The van der Waals surface area contributed by atoms with Crippen molar-refractivity contribution in [3.8, 4) is 5.82 Å². The Balaban J connectivity index is 1.40. The first-order valence-corrected chi connectivity index (χ1v) is 8.31. The smallest absolute Gasteiger partial charge is 0.156 e. The van der Waals surface area contributed by atoms with Crippen molar-refractivity contribution in [3.63, 3.8) is 0 Å². The number of pyridine rings is 1. The first kappa shape index (κ1) is 15.0. The second kappa shape index (κ2) is 6.88. The van der Waals surface area contributed by atoms with Gasteiger partial charge in [0.15, 0.2) is 5.82 Å². The Morgan fingerprint density at radius 2 is 1.96 bits per heavy atom. The summed E-state index contributed by atoms with van der Waals surface area (Å²) in [7, 11) is 0. The summed E-state index contributed by atoms with van der Waals surface area (Å²) in [5.41, 5.74) is 2.22. The van der Waals surface area contributed by atoms with Gasteiger partial charge in [0.05, 0.1) is 17.6 Å². The van der Waals surface area contributed by atoms with Crippen molar-refractivity contribution < 1.29 is 0 Å².